The average Bonchev–Trinajstić information content (AvgIpc) is 2.82. The fourth-order valence-electron chi connectivity index (χ4n) is 1.76. The van der Waals surface area contributed by atoms with Crippen LogP contribution in [-0.2, 0) is 7.05 Å². The van der Waals surface area contributed by atoms with Gasteiger partial charge >= 0.3 is 5.69 Å². The van der Waals surface area contributed by atoms with Crippen LogP contribution in [0, 0.1) is 10.1 Å². The van der Waals surface area contributed by atoms with Gasteiger partial charge < -0.3 is 9.88 Å². The van der Waals surface area contributed by atoms with Gasteiger partial charge in [-0.05, 0) is 6.07 Å². The lowest BCUT2D eigenvalue weighted by atomic mass is 10.1. The van der Waals surface area contributed by atoms with Crippen molar-refractivity contribution in [2.75, 3.05) is 11.9 Å². The van der Waals surface area contributed by atoms with Crippen molar-refractivity contribution in [2.45, 2.75) is 12.8 Å². The predicted octanol–water partition coefficient (Wildman–Crippen LogP) is 1.33. The van der Waals surface area contributed by atoms with Crippen LogP contribution >= 0.6 is 0 Å². The Morgan fingerprint density at radius 2 is 2.37 bits per heavy atom. The summed E-state index contributed by atoms with van der Waals surface area (Å²) >= 11 is 0. The molecular formula is C11H14N6O2. The summed E-state index contributed by atoms with van der Waals surface area (Å²) < 4.78 is 1.82. The van der Waals surface area contributed by atoms with Gasteiger partial charge in [-0.3, -0.25) is 10.1 Å². The zero-order valence-electron chi connectivity index (χ0n) is 10.6. The highest BCUT2D eigenvalue weighted by Crippen LogP contribution is 2.21. The van der Waals surface area contributed by atoms with Crippen LogP contribution in [0.1, 0.15) is 18.7 Å². The molecule has 0 aliphatic heterocycles. The van der Waals surface area contributed by atoms with Crippen LogP contribution in [0.4, 0.5) is 11.5 Å². The molecule has 0 aliphatic carbocycles. The van der Waals surface area contributed by atoms with E-state index in [1.54, 1.807) is 6.33 Å². The Morgan fingerprint density at radius 1 is 1.58 bits per heavy atom. The van der Waals surface area contributed by atoms with Crippen molar-refractivity contribution in [1.82, 2.24) is 19.7 Å². The molecule has 2 heterocycles. The molecule has 0 spiro atoms. The van der Waals surface area contributed by atoms with E-state index in [9.17, 15) is 10.1 Å². The van der Waals surface area contributed by atoms with Crippen LogP contribution in [0.3, 0.4) is 0 Å². The van der Waals surface area contributed by atoms with Gasteiger partial charge in [-0.1, -0.05) is 6.92 Å². The van der Waals surface area contributed by atoms with E-state index in [1.165, 1.54) is 18.3 Å². The van der Waals surface area contributed by atoms with E-state index in [1.807, 2.05) is 18.5 Å². The van der Waals surface area contributed by atoms with Crippen LogP contribution in [0.5, 0.6) is 0 Å². The molecular weight excluding hydrogens is 248 g/mol. The largest absolute Gasteiger partial charge is 0.364 e. The fraction of sp³-hybridized carbons (Fsp3) is 0.364. The molecule has 1 atom stereocenters. The highest BCUT2D eigenvalue weighted by atomic mass is 16.6. The van der Waals surface area contributed by atoms with Gasteiger partial charge in [0.25, 0.3) is 0 Å². The first-order chi connectivity index (χ1) is 9.09. The van der Waals surface area contributed by atoms with E-state index in [0.717, 1.165) is 5.82 Å². The first kappa shape index (κ1) is 12.9. The van der Waals surface area contributed by atoms with E-state index >= 15 is 0 Å². The zero-order valence-corrected chi connectivity index (χ0v) is 10.6. The highest BCUT2D eigenvalue weighted by Gasteiger charge is 2.16. The quantitative estimate of drug-likeness (QED) is 0.644. The summed E-state index contributed by atoms with van der Waals surface area (Å²) in [6.07, 6.45) is 3.14. The van der Waals surface area contributed by atoms with Gasteiger partial charge in [-0.15, -0.1) is 10.2 Å². The number of aryl methyl sites for hydroxylation is 1. The molecule has 19 heavy (non-hydrogen) atoms. The maximum atomic E-state index is 10.8. The molecule has 0 radical (unpaired) electrons. The molecule has 100 valence electrons. The maximum Gasteiger partial charge on any atom is 0.311 e. The minimum absolute atomic E-state index is 0.0346. The summed E-state index contributed by atoms with van der Waals surface area (Å²) in [4.78, 5) is 14.4. The van der Waals surface area contributed by atoms with Crippen molar-refractivity contribution in [3.63, 3.8) is 0 Å². The number of aromatic nitrogens is 4. The van der Waals surface area contributed by atoms with Crippen LogP contribution in [0.2, 0.25) is 0 Å². The maximum absolute atomic E-state index is 10.8. The van der Waals surface area contributed by atoms with Crippen LogP contribution in [-0.4, -0.2) is 31.2 Å². The molecule has 0 amide bonds. The van der Waals surface area contributed by atoms with Crippen LogP contribution in [0.15, 0.2) is 24.7 Å². The van der Waals surface area contributed by atoms with Crippen molar-refractivity contribution in [3.8, 4) is 0 Å². The molecule has 0 saturated carbocycles. The first-order valence-electron chi connectivity index (χ1n) is 5.76. The third-order valence-corrected chi connectivity index (χ3v) is 2.75. The standard InChI is InChI=1S/C11H14N6O2/c1-8(11-15-14-7-16(11)2)6-13-10-9(17(18)19)4-3-5-12-10/h3-5,7-8H,6H2,1-2H3,(H,12,13). The number of nitro groups is 1. The number of nitrogens with one attached hydrogen (secondary N) is 1. The molecule has 8 heteroatoms. The van der Waals surface area contributed by atoms with Gasteiger partial charge in [-0.2, -0.15) is 0 Å². The lowest BCUT2D eigenvalue weighted by Crippen LogP contribution is -2.15. The van der Waals surface area contributed by atoms with Gasteiger partial charge in [0, 0.05) is 31.8 Å². The van der Waals surface area contributed by atoms with E-state index in [4.69, 9.17) is 0 Å². The predicted molar refractivity (Wildman–Crippen MR) is 68.8 cm³/mol. The smallest absolute Gasteiger partial charge is 0.311 e. The second-order valence-electron chi connectivity index (χ2n) is 4.21. The third-order valence-electron chi connectivity index (χ3n) is 2.75. The number of pyridine rings is 1. The second-order valence-corrected chi connectivity index (χ2v) is 4.21. The van der Waals surface area contributed by atoms with Crippen molar-refractivity contribution in [1.29, 1.82) is 0 Å². The van der Waals surface area contributed by atoms with Gasteiger partial charge in [0.15, 0.2) is 0 Å². The van der Waals surface area contributed by atoms with E-state index < -0.39 is 4.92 Å². The zero-order chi connectivity index (χ0) is 13.8. The van der Waals surface area contributed by atoms with Crippen molar-refractivity contribution >= 4 is 11.5 Å². The molecule has 0 saturated heterocycles. The summed E-state index contributed by atoms with van der Waals surface area (Å²) in [5.74, 6) is 1.14. The van der Waals surface area contributed by atoms with Crippen molar-refractivity contribution < 1.29 is 4.92 Å². The Kier molecular flexibility index (Phi) is 3.69. The fourth-order valence-corrected chi connectivity index (χ4v) is 1.76. The highest BCUT2D eigenvalue weighted by molar-refractivity contribution is 5.55. The Labute approximate surface area is 109 Å². The minimum atomic E-state index is -0.456. The minimum Gasteiger partial charge on any atom is -0.364 e. The molecule has 0 aliphatic rings. The van der Waals surface area contributed by atoms with Gasteiger partial charge in [0.2, 0.25) is 5.82 Å². The van der Waals surface area contributed by atoms with Crippen LogP contribution in [0.25, 0.3) is 0 Å². The number of hydrogen-bond donors (Lipinski definition) is 1. The van der Waals surface area contributed by atoms with Gasteiger partial charge in [-0.25, -0.2) is 4.98 Å². The normalized spacial score (nSPS) is 12.1. The molecule has 0 aromatic carbocycles. The first-order valence-corrected chi connectivity index (χ1v) is 5.76. The summed E-state index contributed by atoms with van der Waals surface area (Å²) in [5, 5.41) is 21.6. The van der Waals surface area contributed by atoms with E-state index in [-0.39, 0.29) is 17.4 Å². The molecule has 2 aromatic heterocycles. The molecule has 2 rings (SSSR count). The molecule has 1 unspecified atom stereocenters. The number of rotatable bonds is 5. The second kappa shape index (κ2) is 5.42. The topological polar surface area (TPSA) is 98.8 Å². The number of hydrogen-bond acceptors (Lipinski definition) is 6. The molecule has 0 fully saturated rings. The third kappa shape index (κ3) is 2.84. The lowest BCUT2D eigenvalue weighted by Gasteiger charge is -2.12. The van der Waals surface area contributed by atoms with Gasteiger partial charge in [0.05, 0.1) is 4.92 Å². The Morgan fingerprint density at radius 3 is 3.00 bits per heavy atom. The Bertz CT molecular complexity index is 582. The lowest BCUT2D eigenvalue weighted by molar-refractivity contribution is -0.384. The molecule has 8 nitrogen and oxygen atoms in total. The Hall–Kier alpha value is -2.51. The number of anilines is 1. The monoisotopic (exact) mass is 262 g/mol. The van der Waals surface area contributed by atoms with E-state index in [2.05, 4.69) is 20.5 Å². The number of nitrogens with zero attached hydrogens (tertiary/aromatic N) is 5. The SMILES string of the molecule is CC(CNc1ncccc1[N+](=O)[O-])c1nncn1C. The summed E-state index contributed by atoms with van der Waals surface area (Å²) in [7, 11) is 1.86. The van der Waals surface area contributed by atoms with Crippen molar-refractivity contribution in [2.24, 2.45) is 7.05 Å². The van der Waals surface area contributed by atoms with Gasteiger partial charge in [0.1, 0.15) is 12.2 Å². The molecule has 2 aromatic rings. The average molecular weight is 262 g/mol. The summed E-state index contributed by atoms with van der Waals surface area (Å²) in [6.45, 7) is 2.45. The molecule has 0 bridgehead atoms. The molecule has 1 N–H and O–H groups in total. The van der Waals surface area contributed by atoms with Crippen molar-refractivity contribution in [3.05, 3.63) is 40.6 Å². The van der Waals surface area contributed by atoms with E-state index in [0.29, 0.717) is 6.54 Å². The summed E-state index contributed by atoms with van der Waals surface area (Å²) in [6, 6.07) is 2.96. The summed E-state index contributed by atoms with van der Waals surface area (Å²) in [5.41, 5.74) is -0.0346. The Balaban J connectivity index is 2.07. The van der Waals surface area contributed by atoms with Crippen LogP contribution < -0.4 is 5.32 Å².